The van der Waals surface area contributed by atoms with E-state index in [1.54, 1.807) is 0 Å². The first kappa shape index (κ1) is 9.65. The van der Waals surface area contributed by atoms with E-state index in [-0.39, 0.29) is 18.6 Å². The summed E-state index contributed by atoms with van der Waals surface area (Å²) < 4.78 is 10.7. The first-order chi connectivity index (χ1) is 6.75. The maximum absolute atomic E-state index is 5.99. The van der Waals surface area contributed by atoms with Crippen molar-refractivity contribution in [3.63, 3.8) is 0 Å². The maximum Gasteiger partial charge on any atom is 0.165 e. The molecule has 1 aliphatic heterocycles. The molecule has 1 aromatic carbocycles. The number of hydrogen-bond donors (Lipinski definition) is 1. The lowest BCUT2D eigenvalue weighted by Crippen LogP contribution is -2.40. The van der Waals surface area contributed by atoms with Crippen LogP contribution >= 0.6 is 0 Å². The van der Waals surface area contributed by atoms with Crippen LogP contribution in [0, 0.1) is 0 Å². The van der Waals surface area contributed by atoms with Crippen molar-refractivity contribution in [2.75, 3.05) is 0 Å². The Kier molecular flexibility index (Phi) is 2.82. The van der Waals surface area contributed by atoms with Crippen LogP contribution in [-0.2, 0) is 9.47 Å². The molecule has 76 valence electrons. The van der Waals surface area contributed by atoms with Crippen molar-refractivity contribution in [2.24, 2.45) is 5.73 Å². The van der Waals surface area contributed by atoms with Crippen molar-refractivity contribution >= 4 is 0 Å². The molecule has 1 aliphatic rings. The number of hydrogen-bond acceptors (Lipinski definition) is 3. The second-order valence-corrected chi connectivity index (χ2v) is 3.52. The van der Waals surface area contributed by atoms with Crippen LogP contribution in [-0.4, -0.2) is 12.6 Å². The molecule has 1 aromatic rings. The van der Waals surface area contributed by atoms with Crippen LogP contribution in [0.15, 0.2) is 30.3 Å². The van der Waals surface area contributed by atoms with Crippen LogP contribution in [0.1, 0.15) is 24.9 Å². The van der Waals surface area contributed by atoms with Gasteiger partial charge in [-0.05, 0) is 12.5 Å². The quantitative estimate of drug-likeness (QED) is 0.796. The van der Waals surface area contributed by atoms with E-state index in [1.165, 1.54) is 0 Å². The van der Waals surface area contributed by atoms with Crippen LogP contribution in [0.25, 0.3) is 0 Å². The Morgan fingerprint density at radius 1 is 1.29 bits per heavy atom. The smallest absolute Gasteiger partial charge is 0.165 e. The van der Waals surface area contributed by atoms with Gasteiger partial charge in [-0.3, -0.25) is 0 Å². The van der Waals surface area contributed by atoms with Crippen molar-refractivity contribution < 1.29 is 9.47 Å². The van der Waals surface area contributed by atoms with Gasteiger partial charge in [0.1, 0.15) is 0 Å². The van der Waals surface area contributed by atoms with Gasteiger partial charge >= 0.3 is 0 Å². The number of ether oxygens (including phenoxy) is 2. The summed E-state index contributed by atoms with van der Waals surface area (Å²) in [5.74, 6) is 0. The van der Waals surface area contributed by atoms with Crippen LogP contribution in [0.5, 0.6) is 0 Å². The Balaban J connectivity index is 1.87. The molecule has 0 spiro atoms. The highest BCUT2D eigenvalue weighted by Crippen LogP contribution is 2.25. The minimum Gasteiger partial charge on any atom is -0.324 e. The monoisotopic (exact) mass is 193 g/mol. The summed E-state index contributed by atoms with van der Waals surface area (Å²) in [4.78, 5) is 0. The SMILES string of the molecule is CC1OC(CC(N)c2ccccc2)O1. The van der Waals surface area contributed by atoms with Gasteiger partial charge in [0.05, 0.1) is 0 Å². The normalized spacial score (nSPS) is 28.1. The van der Waals surface area contributed by atoms with Crippen LogP contribution < -0.4 is 5.73 Å². The van der Waals surface area contributed by atoms with Crippen LogP contribution in [0.3, 0.4) is 0 Å². The second-order valence-electron chi connectivity index (χ2n) is 3.52. The molecule has 1 heterocycles. The van der Waals surface area contributed by atoms with E-state index in [9.17, 15) is 0 Å². The van der Waals surface area contributed by atoms with Crippen molar-refractivity contribution in [1.29, 1.82) is 0 Å². The van der Waals surface area contributed by atoms with E-state index in [4.69, 9.17) is 15.2 Å². The van der Waals surface area contributed by atoms with Crippen molar-refractivity contribution in [3.8, 4) is 0 Å². The third kappa shape index (κ3) is 2.12. The third-order valence-corrected chi connectivity index (χ3v) is 2.36. The van der Waals surface area contributed by atoms with Gasteiger partial charge < -0.3 is 15.2 Å². The number of benzene rings is 1. The molecule has 2 rings (SSSR count). The van der Waals surface area contributed by atoms with E-state index < -0.39 is 0 Å². The van der Waals surface area contributed by atoms with E-state index in [0.717, 1.165) is 5.56 Å². The van der Waals surface area contributed by atoms with Gasteiger partial charge in [0.15, 0.2) is 12.6 Å². The molecular weight excluding hydrogens is 178 g/mol. The topological polar surface area (TPSA) is 44.5 Å². The first-order valence-corrected chi connectivity index (χ1v) is 4.87. The molecule has 0 saturated carbocycles. The molecule has 1 unspecified atom stereocenters. The van der Waals surface area contributed by atoms with E-state index >= 15 is 0 Å². The lowest BCUT2D eigenvalue weighted by Gasteiger charge is -2.35. The van der Waals surface area contributed by atoms with Crippen LogP contribution in [0.2, 0.25) is 0 Å². The average molecular weight is 193 g/mol. The standard InChI is InChI=1S/C11H15NO2/c1-8-13-11(14-8)7-10(12)9-5-3-2-4-6-9/h2-6,8,10-11H,7,12H2,1H3. The van der Waals surface area contributed by atoms with Gasteiger partial charge in [-0.2, -0.15) is 0 Å². The minimum absolute atomic E-state index is 0.00583. The predicted octanol–water partition coefficient (Wildman–Crippen LogP) is 1.80. The Labute approximate surface area is 83.8 Å². The summed E-state index contributed by atoms with van der Waals surface area (Å²) in [7, 11) is 0. The van der Waals surface area contributed by atoms with E-state index in [2.05, 4.69) is 0 Å². The third-order valence-electron chi connectivity index (χ3n) is 2.36. The Morgan fingerprint density at radius 3 is 2.50 bits per heavy atom. The fourth-order valence-electron chi connectivity index (χ4n) is 1.59. The summed E-state index contributed by atoms with van der Waals surface area (Å²) in [5.41, 5.74) is 7.12. The Morgan fingerprint density at radius 2 is 1.93 bits per heavy atom. The fourth-order valence-corrected chi connectivity index (χ4v) is 1.59. The summed E-state index contributed by atoms with van der Waals surface area (Å²) in [6.45, 7) is 1.88. The summed E-state index contributed by atoms with van der Waals surface area (Å²) in [6.07, 6.45) is 0.525. The minimum atomic E-state index is -0.125. The lowest BCUT2D eigenvalue weighted by atomic mass is 10.0. The highest BCUT2D eigenvalue weighted by atomic mass is 16.9. The van der Waals surface area contributed by atoms with E-state index in [1.807, 2.05) is 37.3 Å². The second kappa shape index (κ2) is 4.09. The molecule has 3 nitrogen and oxygen atoms in total. The zero-order valence-electron chi connectivity index (χ0n) is 8.22. The lowest BCUT2D eigenvalue weighted by molar-refractivity contribution is -0.378. The molecule has 2 N–H and O–H groups in total. The average Bonchev–Trinajstić information content (AvgIpc) is 2.17. The Hall–Kier alpha value is -0.900. The molecule has 0 aromatic heterocycles. The van der Waals surface area contributed by atoms with Gasteiger partial charge in [0, 0.05) is 12.5 Å². The number of rotatable bonds is 3. The molecular formula is C11H15NO2. The molecule has 3 heteroatoms. The zero-order chi connectivity index (χ0) is 9.97. The predicted molar refractivity (Wildman–Crippen MR) is 53.4 cm³/mol. The molecule has 1 atom stereocenters. The molecule has 14 heavy (non-hydrogen) atoms. The summed E-state index contributed by atoms with van der Waals surface area (Å²) in [6, 6.07) is 9.99. The van der Waals surface area contributed by atoms with Crippen molar-refractivity contribution in [1.82, 2.24) is 0 Å². The van der Waals surface area contributed by atoms with Gasteiger partial charge in [0.25, 0.3) is 0 Å². The molecule has 1 fully saturated rings. The molecule has 0 amide bonds. The fraction of sp³-hybridized carbons (Fsp3) is 0.455. The molecule has 0 radical (unpaired) electrons. The van der Waals surface area contributed by atoms with Crippen LogP contribution in [0.4, 0.5) is 0 Å². The highest BCUT2D eigenvalue weighted by Gasteiger charge is 2.28. The van der Waals surface area contributed by atoms with Crippen molar-refractivity contribution in [2.45, 2.75) is 32.0 Å². The molecule has 0 aliphatic carbocycles. The highest BCUT2D eigenvalue weighted by molar-refractivity contribution is 5.18. The Bertz CT molecular complexity index is 283. The molecule has 1 saturated heterocycles. The van der Waals surface area contributed by atoms with E-state index in [0.29, 0.717) is 6.42 Å². The van der Waals surface area contributed by atoms with Gasteiger partial charge in [-0.1, -0.05) is 30.3 Å². The van der Waals surface area contributed by atoms with Gasteiger partial charge in [-0.25, -0.2) is 0 Å². The maximum atomic E-state index is 5.99. The first-order valence-electron chi connectivity index (χ1n) is 4.87. The van der Waals surface area contributed by atoms with Crippen molar-refractivity contribution in [3.05, 3.63) is 35.9 Å². The zero-order valence-corrected chi connectivity index (χ0v) is 8.22. The van der Waals surface area contributed by atoms with Gasteiger partial charge in [0.2, 0.25) is 0 Å². The number of nitrogens with two attached hydrogens (primary N) is 1. The largest absolute Gasteiger partial charge is 0.324 e. The van der Waals surface area contributed by atoms with Gasteiger partial charge in [-0.15, -0.1) is 0 Å². The summed E-state index contributed by atoms with van der Waals surface area (Å²) >= 11 is 0. The summed E-state index contributed by atoms with van der Waals surface area (Å²) in [5, 5.41) is 0. The molecule has 0 bridgehead atoms.